The fraction of sp³-hybridized carbons (Fsp3) is 0.158. The van der Waals surface area contributed by atoms with Crippen molar-refractivity contribution in [3.63, 3.8) is 0 Å². The second kappa shape index (κ2) is 7.97. The molecule has 0 heterocycles. The van der Waals surface area contributed by atoms with Gasteiger partial charge < -0.3 is 14.2 Å². The van der Waals surface area contributed by atoms with Gasteiger partial charge in [0.15, 0.2) is 6.10 Å². The summed E-state index contributed by atoms with van der Waals surface area (Å²) < 4.78 is 15.6. The summed E-state index contributed by atoms with van der Waals surface area (Å²) in [6.45, 7) is 3.37. The maximum atomic E-state index is 12.9. The number of rotatable bonds is 7. The third-order valence-corrected chi connectivity index (χ3v) is 3.39. The molecular formula is C19H18O5. The van der Waals surface area contributed by atoms with Gasteiger partial charge in [-0.2, -0.15) is 0 Å². The van der Waals surface area contributed by atoms with E-state index >= 15 is 0 Å². The lowest BCUT2D eigenvalue weighted by Crippen LogP contribution is -2.19. The van der Waals surface area contributed by atoms with E-state index < -0.39 is 12.1 Å². The monoisotopic (exact) mass is 326 g/mol. The molecule has 1 unspecified atom stereocenters. The van der Waals surface area contributed by atoms with Crippen molar-refractivity contribution in [3.8, 4) is 11.5 Å². The van der Waals surface area contributed by atoms with Crippen LogP contribution in [0.3, 0.4) is 0 Å². The Morgan fingerprint density at radius 1 is 1.00 bits per heavy atom. The van der Waals surface area contributed by atoms with Crippen LogP contribution >= 0.6 is 0 Å². The number of hydrogen-bond donors (Lipinski definition) is 0. The smallest absolute Gasteiger partial charge is 0.331 e. The molecule has 0 aliphatic rings. The first-order valence-electron chi connectivity index (χ1n) is 7.24. The van der Waals surface area contributed by atoms with Gasteiger partial charge in [0.1, 0.15) is 11.5 Å². The molecule has 0 amide bonds. The van der Waals surface area contributed by atoms with Crippen LogP contribution in [-0.4, -0.2) is 26.0 Å². The van der Waals surface area contributed by atoms with Crippen LogP contribution in [0.2, 0.25) is 0 Å². The van der Waals surface area contributed by atoms with Gasteiger partial charge in [-0.25, -0.2) is 4.79 Å². The summed E-state index contributed by atoms with van der Waals surface area (Å²) in [5.41, 5.74) is 0.886. The second-order valence-corrected chi connectivity index (χ2v) is 4.89. The molecule has 0 N–H and O–H groups in total. The number of esters is 1. The largest absolute Gasteiger partial charge is 0.497 e. The van der Waals surface area contributed by atoms with Crippen LogP contribution < -0.4 is 9.47 Å². The van der Waals surface area contributed by atoms with Gasteiger partial charge in [-0.05, 0) is 24.3 Å². The minimum Gasteiger partial charge on any atom is -0.497 e. The van der Waals surface area contributed by atoms with Gasteiger partial charge in [-0.1, -0.05) is 30.8 Å². The van der Waals surface area contributed by atoms with Crippen molar-refractivity contribution < 1.29 is 23.8 Å². The highest BCUT2D eigenvalue weighted by molar-refractivity contribution is 6.01. The topological polar surface area (TPSA) is 61.8 Å². The van der Waals surface area contributed by atoms with E-state index in [1.54, 1.807) is 48.5 Å². The average molecular weight is 326 g/mol. The average Bonchev–Trinajstić information content (AvgIpc) is 2.65. The van der Waals surface area contributed by atoms with Crippen LogP contribution in [0.4, 0.5) is 0 Å². The molecule has 124 valence electrons. The number of Topliss-reactive ketones (excluding diaryl/α,β-unsaturated/α-hetero) is 1. The Bertz CT molecular complexity index is 751. The zero-order valence-corrected chi connectivity index (χ0v) is 13.5. The van der Waals surface area contributed by atoms with E-state index in [-0.39, 0.29) is 5.78 Å². The van der Waals surface area contributed by atoms with Gasteiger partial charge in [-0.15, -0.1) is 0 Å². The summed E-state index contributed by atoms with van der Waals surface area (Å²) in [7, 11) is 3.04. The molecule has 0 radical (unpaired) electrons. The molecule has 0 aliphatic heterocycles. The van der Waals surface area contributed by atoms with Crippen molar-refractivity contribution in [2.75, 3.05) is 14.2 Å². The fourth-order valence-corrected chi connectivity index (χ4v) is 2.17. The predicted octanol–water partition coefficient (Wildman–Crippen LogP) is 3.36. The Labute approximate surface area is 140 Å². The van der Waals surface area contributed by atoms with Crippen molar-refractivity contribution in [2.45, 2.75) is 6.10 Å². The van der Waals surface area contributed by atoms with Crippen molar-refractivity contribution >= 4 is 11.8 Å². The Hall–Kier alpha value is -3.08. The van der Waals surface area contributed by atoms with Gasteiger partial charge in [0.05, 0.1) is 14.2 Å². The van der Waals surface area contributed by atoms with Crippen LogP contribution in [0.1, 0.15) is 22.0 Å². The molecule has 2 rings (SSSR count). The standard InChI is InChI=1S/C19H18O5/c1-4-17(20)24-19(14-8-6-10-16(12-14)23-3)18(21)13-7-5-9-15(11-13)22-2/h4-12,19H,1H2,2-3H3. The van der Waals surface area contributed by atoms with Crippen molar-refractivity contribution in [1.29, 1.82) is 0 Å². The van der Waals surface area contributed by atoms with Gasteiger partial charge in [0.25, 0.3) is 0 Å². The maximum absolute atomic E-state index is 12.9. The summed E-state index contributed by atoms with van der Waals surface area (Å²) in [5.74, 6) is 0.0577. The lowest BCUT2D eigenvalue weighted by Gasteiger charge is -2.17. The number of carbonyl (C=O) groups excluding carboxylic acids is 2. The fourth-order valence-electron chi connectivity index (χ4n) is 2.17. The zero-order valence-electron chi connectivity index (χ0n) is 13.5. The van der Waals surface area contributed by atoms with Crippen LogP contribution in [-0.2, 0) is 9.53 Å². The SMILES string of the molecule is C=CC(=O)OC(C(=O)c1cccc(OC)c1)c1cccc(OC)c1. The van der Waals surface area contributed by atoms with Gasteiger partial charge in [-0.3, -0.25) is 4.79 Å². The van der Waals surface area contributed by atoms with E-state index in [9.17, 15) is 9.59 Å². The third-order valence-electron chi connectivity index (χ3n) is 3.39. The molecule has 0 fully saturated rings. The molecule has 0 saturated heterocycles. The van der Waals surface area contributed by atoms with E-state index in [0.29, 0.717) is 22.6 Å². The number of hydrogen-bond acceptors (Lipinski definition) is 5. The summed E-state index contributed by atoms with van der Waals surface area (Å²) in [6.07, 6.45) is -0.0795. The third kappa shape index (κ3) is 4.01. The second-order valence-electron chi connectivity index (χ2n) is 4.89. The number of carbonyl (C=O) groups is 2. The van der Waals surface area contributed by atoms with Crippen molar-refractivity contribution in [1.82, 2.24) is 0 Å². The first kappa shape index (κ1) is 17.3. The highest BCUT2D eigenvalue weighted by Gasteiger charge is 2.26. The van der Waals surface area contributed by atoms with Gasteiger partial charge in [0, 0.05) is 17.2 Å². The molecule has 0 aliphatic carbocycles. The minimum atomic E-state index is -1.10. The van der Waals surface area contributed by atoms with Crippen LogP contribution in [0, 0.1) is 0 Å². The van der Waals surface area contributed by atoms with E-state index in [1.807, 2.05) is 0 Å². The Morgan fingerprint density at radius 3 is 2.25 bits per heavy atom. The molecule has 0 saturated carbocycles. The van der Waals surface area contributed by atoms with Crippen LogP contribution in [0.5, 0.6) is 11.5 Å². The predicted molar refractivity (Wildman–Crippen MR) is 89.3 cm³/mol. The molecule has 24 heavy (non-hydrogen) atoms. The molecule has 0 spiro atoms. The molecule has 0 bridgehead atoms. The molecule has 1 atom stereocenters. The van der Waals surface area contributed by atoms with Gasteiger partial charge >= 0.3 is 5.97 Å². The summed E-state index contributed by atoms with van der Waals surface area (Å²) in [5, 5.41) is 0. The Morgan fingerprint density at radius 2 is 1.62 bits per heavy atom. The number of methoxy groups -OCH3 is 2. The molecule has 2 aromatic carbocycles. The highest BCUT2D eigenvalue weighted by Crippen LogP contribution is 2.27. The molecule has 5 nitrogen and oxygen atoms in total. The Kier molecular flexibility index (Phi) is 5.73. The van der Waals surface area contributed by atoms with E-state index in [4.69, 9.17) is 14.2 Å². The minimum absolute atomic E-state index is 0.364. The number of ether oxygens (including phenoxy) is 3. The molecule has 0 aromatic heterocycles. The van der Waals surface area contributed by atoms with Crippen molar-refractivity contribution in [2.24, 2.45) is 0 Å². The first-order chi connectivity index (χ1) is 11.6. The van der Waals surface area contributed by atoms with Crippen molar-refractivity contribution in [3.05, 3.63) is 72.3 Å². The van der Waals surface area contributed by atoms with E-state index in [1.165, 1.54) is 14.2 Å². The molecular weight excluding hydrogens is 308 g/mol. The van der Waals surface area contributed by atoms with Crippen LogP contribution in [0.15, 0.2) is 61.2 Å². The van der Waals surface area contributed by atoms with E-state index in [0.717, 1.165) is 6.08 Å². The summed E-state index contributed by atoms with van der Waals surface area (Å²) in [4.78, 5) is 24.5. The van der Waals surface area contributed by atoms with E-state index in [2.05, 4.69) is 6.58 Å². The lowest BCUT2D eigenvalue weighted by atomic mass is 9.99. The highest BCUT2D eigenvalue weighted by atomic mass is 16.5. The lowest BCUT2D eigenvalue weighted by molar-refractivity contribution is -0.141. The molecule has 2 aromatic rings. The quantitative estimate of drug-likeness (QED) is 0.443. The Balaban J connectivity index is 2.42. The normalized spacial score (nSPS) is 11.2. The van der Waals surface area contributed by atoms with Gasteiger partial charge in [0.2, 0.25) is 5.78 Å². The number of ketones is 1. The maximum Gasteiger partial charge on any atom is 0.331 e. The summed E-state index contributed by atoms with van der Waals surface area (Å²) in [6, 6.07) is 13.5. The molecule has 5 heteroatoms. The number of benzene rings is 2. The zero-order chi connectivity index (χ0) is 17.5. The van der Waals surface area contributed by atoms with Crippen LogP contribution in [0.25, 0.3) is 0 Å². The first-order valence-corrected chi connectivity index (χ1v) is 7.24. The summed E-state index contributed by atoms with van der Waals surface area (Å²) >= 11 is 0.